The Morgan fingerprint density at radius 3 is 2.59 bits per heavy atom. The molecule has 0 aliphatic rings. The molecule has 0 heterocycles. The van der Waals surface area contributed by atoms with Crippen LogP contribution in [-0.4, -0.2) is 20.1 Å². The predicted octanol–water partition coefficient (Wildman–Crippen LogP) is 3.69. The first-order valence-corrected chi connectivity index (χ1v) is 6.77. The van der Waals surface area contributed by atoms with Crippen LogP contribution in [0.15, 0.2) is 18.2 Å². The Morgan fingerprint density at radius 2 is 2.00 bits per heavy atom. The summed E-state index contributed by atoms with van der Waals surface area (Å²) in [6.07, 6.45) is 2.29. The maximum absolute atomic E-state index is 6.30. The summed E-state index contributed by atoms with van der Waals surface area (Å²) in [5.74, 6) is 0. The van der Waals surface area contributed by atoms with Gasteiger partial charge in [-0.15, -0.1) is 0 Å². The second kappa shape index (κ2) is 7.57. The van der Waals surface area contributed by atoms with Crippen molar-refractivity contribution in [3.8, 4) is 0 Å². The number of nitrogens with zero attached hydrogens (tertiary/aromatic N) is 1. The van der Waals surface area contributed by atoms with E-state index < -0.39 is 0 Å². The molecule has 3 heteroatoms. The zero-order valence-electron chi connectivity index (χ0n) is 11.1. The van der Waals surface area contributed by atoms with Crippen LogP contribution in [0.2, 0.25) is 5.02 Å². The van der Waals surface area contributed by atoms with Gasteiger partial charge in [-0.05, 0) is 37.1 Å². The second-order valence-electron chi connectivity index (χ2n) is 4.38. The molecule has 0 radical (unpaired) electrons. The summed E-state index contributed by atoms with van der Waals surface area (Å²) >= 11 is 6.30. The van der Waals surface area contributed by atoms with Crippen molar-refractivity contribution in [2.45, 2.75) is 33.2 Å². The van der Waals surface area contributed by atoms with Crippen molar-refractivity contribution in [1.82, 2.24) is 5.32 Å². The average molecular weight is 255 g/mol. The molecule has 1 rings (SSSR count). The van der Waals surface area contributed by atoms with E-state index in [0.29, 0.717) is 0 Å². The van der Waals surface area contributed by atoms with E-state index in [1.54, 1.807) is 0 Å². The number of rotatable bonds is 7. The van der Waals surface area contributed by atoms with Crippen molar-refractivity contribution in [2.24, 2.45) is 0 Å². The van der Waals surface area contributed by atoms with Gasteiger partial charge in [-0.1, -0.05) is 31.5 Å². The molecule has 0 bridgehead atoms. The van der Waals surface area contributed by atoms with Gasteiger partial charge in [0, 0.05) is 20.1 Å². The van der Waals surface area contributed by atoms with Crippen LogP contribution >= 0.6 is 11.6 Å². The standard InChI is InChI=1S/C14H23ClN2/c1-4-8-16-11-12-6-7-14(13(15)10-12)17(3)9-5-2/h6-7,10,16H,4-5,8-9,11H2,1-3H3. The van der Waals surface area contributed by atoms with Crippen molar-refractivity contribution in [2.75, 3.05) is 25.0 Å². The minimum atomic E-state index is 0.844. The van der Waals surface area contributed by atoms with E-state index in [2.05, 4.69) is 49.3 Å². The Morgan fingerprint density at radius 1 is 1.24 bits per heavy atom. The fourth-order valence-electron chi connectivity index (χ4n) is 1.84. The molecule has 1 aromatic rings. The Balaban J connectivity index is 2.65. The molecule has 17 heavy (non-hydrogen) atoms. The minimum absolute atomic E-state index is 0.844. The van der Waals surface area contributed by atoms with E-state index in [4.69, 9.17) is 11.6 Å². The molecule has 0 unspecified atom stereocenters. The number of hydrogen-bond donors (Lipinski definition) is 1. The summed E-state index contributed by atoms with van der Waals surface area (Å²) in [5.41, 5.74) is 2.37. The highest BCUT2D eigenvalue weighted by Crippen LogP contribution is 2.26. The zero-order chi connectivity index (χ0) is 12.7. The van der Waals surface area contributed by atoms with Crippen molar-refractivity contribution >= 4 is 17.3 Å². The largest absolute Gasteiger partial charge is 0.373 e. The Kier molecular flexibility index (Phi) is 6.38. The maximum atomic E-state index is 6.30. The summed E-state index contributed by atoms with van der Waals surface area (Å²) in [6, 6.07) is 6.32. The zero-order valence-corrected chi connectivity index (χ0v) is 11.8. The number of anilines is 1. The predicted molar refractivity (Wildman–Crippen MR) is 77.0 cm³/mol. The molecule has 1 N–H and O–H groups in total. The maximum Gasteiger partial charge on any atom is 0.0642 e. The molecule has 96 valence electrons. The topological polar surface area (TPSA) is 15.3 Å². The van der Waals surface area contributed by atoms with Crippen LogP contribution < -0.4 is 10.2 Å². The Hall–Kier alpha value is -0.730. The molecule has 0 saturated heterocycles. The van der Waals surface area contributed by atoms with Gasteiger partial charge in [0.2, 0.25) is 0 Å². The molecule has 2 nitrogen and oxygen atoms in total. The fraction of sp³-hybridized carbons (Fsp3) is 0.571. The van der Waals surface area contributed by atoms with Gasteiger partial charge in [0.1, 0.15) is 0 Å². The summed E-state index contributed by atoms with van der Waals surface area (Å²) in [7, 11) is 2.08. The molecule has 0 amide bonds. The van der Waals surface area contributed by atoms with Gasteiger partial charge in [-0.25, -0.2) is 0 Å². The molecule has 0 atom stereocenters. The smallest absolute Gasteiger partial charge is 0.0642 e. The first kappa shape index (κ1) is 14.3. The molecular formula is C14H23ClN2. The van der Waals surface area contributed by atoms with Gasteiger partial charge in [-0.2, -0.15) is 0 Å². The van der Waals surface area contributed by atoms with Gasteiger partial charge >= 0.3 is 0 Å². The summed E-state index contributed by atoms with van der Waals surface area (Å²) in [4.78, 5) is 2.20. The van der Waals surface area contributed by atoms with Gasteiger partial charge in [0.15, 0.2) is 0 Å². The number of halogens is 1. The van der Waals surface area contributed by atoms with E-state index in [0.717, 1.165) is 43.2 Å². The highest BCUT2D eigenvalue weighted by Gasteiger charge is 2.05. The van der Waals surface area contributed by atoms with Crippen LogP contribution in [0.25, 0.3) is 0 Å². The molecule has 0 aliphatic carbocycles. The highest BCUT2D eigenvalue weighted by molar-refractivity contribution is 6.33. The van der Waals surface area contributed by atoms with Crippen LogP contribution in [0.3, 0.4) is 0 Å². The van der Waals surface area contributed by atoms with Crippen LogP contribution in [0.1, 0.15) is 32.3 Å². The van der Waals surface area contributed by atoms with Crippen molar-refractivity contribution in [3.05, 3.63) is 28.8 Å². The van der Waals surface area contributed by atoms with Gasteiger partial charge in [0.25, 0.3) is 0 Å². The van der Waals surface area contributed by atoms with Gasteiger partial charge < -0.3 is 10.2 Å². The highest BCUT2D eigenvalue weighted by atomic mass is 35.5. The SMILES string of the molecule is CCCNCc1ccc(N(C)CCC)c(Cl)c1. The van der Waals surface area contributed by atoms with E-state index in [-0.39, 0.29) is 0 Å². The molecule has 0 fully saturated rings. The van der Waals surface area contributed by atoms with Gasteiger partial charge in [-0.3, -0.25) is 0 Å². The molecule has 1 aromatic carbocycles. The monoisotopic (exact) mass is 254 g/mol. The summed E-state index contributed by atoms with van der Waals surface area (Å²) in [5, 5.41) is 4.22. The molecule has 0 saturated carbocycles. The third-order valence-electron chi connectivity index (χ3n) is 2.74. The molecule has 0 aromatic heterocycles. The lowest BCUT2D eigenvalue weighted by Crippen LogP contribution is -2.18. The Bertz CT molecular complexity index is 339. The lowest BCUT2D eigenvalue weighted by atomic mass is 10.2. The molecule has 0 spiro atoms. The van der Waals surface area contributed by atoms with Crippen LogP contribution in [0.5, 0.6) is 0 Å². The molecular weight excluding hydrogens is 232 g/mol. The lowest BCUT2D eigenvalue weighted by Gasteiger charge is -2.20. The van der Waals surface area contributed by atoms with Crippen LogP contribution in [0, 0.1) is 0 Å². The minimum Gasteiger partial charge on any atom is -0.373 e. The van der Waals surface area contributed by atoms with Crippen molar-refractivity contribution in [3.63, 3.8) is 0 Å². The third kappa shape index (κ3) is 4.57. The normalized spacial score (nSPS) is 10.6. The van der Waals surface area contributed by atoms with E-state index in [9.17, 15) is 0 Å². The molecule has 0 aliphatic heterocycles. The lowest BCUT2D eigenvalue weighted by molar-refractivity contribution is 0.675. The summed E-state index contributed by atoms with van der Waals surface area (Å²) in [6.45, 7) is 7.32. The van der Waals surface area contributed by atoms with E-state index >= 15 is 0 Å². The second-order valence-corrected chi connectivity index (χ2v) is 4.79. The number of nitrogens with one attached hydrogen (secondary N) is 1. The number of hydrogen-bond acceptors (Lipinski definition) is 2. The Labute approximate surface area is 110 Å². The van der Waals surface area contributed by atoms with Crippen LogP contribution in [-0.2, 0) is 6.54 Å². The fourth-order valence-corrected chi connectivity index (χ4v) is 2.18. The quantitative estimate of drug-likeness (QED) is 0.747. The van der Waals surface area contributed by atoms with E-state index in [1.165, 1.54) is 5.56 Å². The number of benzene rings is 1. The first-order valence-electron chi connectivity index (χ1n) is 6.39. The average Bonchev–Trinajstić information content (AvgIpc) is 2.29. The van der Waals surface area contributed by atoms with Crippen molar-refractivity contribution in [1.29, 1.82) is 0 Å². The summed E-state index contributed by atoms with van der Waals surface area (Å²) < 4.78 is 0. The van der Waals surface area contributed by atoms with E-state index in [1.807, 2.05) is 0 Å². The van der Waals surface area contributed by atoms with Gasteiger partial charge in [0.05, 0.1) is 10.7 Å². The van der Waals surface area contributed by atoms with Crippen molar-refractivity contribution < 1.29 is 0 Å². The van der Waals surface area contributed by atoms with Crippen LogP contribution in [0.4, 0.5) is 5.69 Å². The third-order valence-corrected chi connectivity index (χ3v) is 3.04. The first-order chi connectivity index (χ1) is 8.19.